The fraction of sp³-hybridized carbons (Fsp3) is 0.211. The molecule has 118 valence electrons. The highest BCUT2D eigenvalue weighted by Gasteiger charge is 2.14. The van der Waals surface area contributed by atoms with Crippen molar-refractivity contribution >= 4 is 12.0 Å². The van der Waals surface area contributed by atoms with Crippen molar-refractivity contribution in [3.05, 3.63) is 65.7 Å². The Labute approximate surface area is 135 Å². The Morgan fingerprint density at radius 2 is 1.83 bits per heavy atom. The van der Waals surface area contributed by atoms with Gasteiger partial charge in [-0.3, -0.25) is 0 Å². The number of carbonyl (C=O) groups is 1. The normalized spacial score (nSPS) is 13.6. The zero-order valence-electron chi connectivity index (χ0n) is 12.7. The van der Waals surface area contributed by atoms with Gasteiger partial charge in [-0.05, 0) is 29.8 Å². The van der Waals surface area contributed by atoms with Crippen LogP contribution in [0.2, 0.25) is 0 Å². The molecule has 0 aliphatic carbocycles. The van der Waals surface area contributed by atoms with Crippen molar-refractivity contribution in [2.45, 2.75) is 6.42 Å². The van der Waals surface area contributed by atoms with Crippen molar-refractivity contribution < 1.29 is 19.0 Å². The molecule has 3 rings (SSSR count). The van der Waals surface area contributed by atoms with Crippen LogP contribution in [0.25, 0.3) is 6.08 Å². The monoisotopic (exact) mass is 310 g/mol. The number of rotatable bonds is 4. The van der Waals surface area contributed by atoms with Crippen LogP contribution in [-0.4, -0.2) is 25.8 Å². The lowest BCUT2D eigenvalue weighted by Crippen LogP contribution is -2.05. The van der Waals surface area contributed by atoms with Gasteiger partial charge in [0.05, 0.1) is 18.8 Å². The van der Waals surface area contributed by atoms with E-state index in [2.05, 4.69) is 0 Å². The predicted molar refractivity (Wildman–Crippen MR) is 87.8 cm³/mol. The molecule has 0 fully saturated rings. The van der Waals surface area contributed by atoms with Crippen molar-refractivity contribution in [1.29, 1.82) is 0 Å². The quantitative estimate of drug-likeness (QED) is 0.807. The van der Waals surface area contributed by atoms with Crippen LogP contribution < -0.4 is 9.47 Å². The Bertz CT molecular complexity index is 692. The highest BCUT2D eigenvalue weighted by molar-refractivity contribution is 5.90. The molecular formula is C19H18O4. The second kappa shape index (κ2) is 7.49. The lowest BCUT2D eigenvalue weighted by atomic mass is 10.2. The summed E-state index contributed by atoms with van der Waals surface area (Å²) in [7, 11) is 0. The summed E-state index contributed by atoms with van der Waals surface area (Å²) in [4.78, 5) is 12.1. The first-order valence-corrected chi connectivity index (χ1v) is 7.61. The Morgan fingerprint density at radius 3 is 2.65 bits per heavy atom. The number of carbonyl (C=O) groups excluding carboxylic acids is 1. The zero-order valence-corrected chi connectivity index (χ0v) is 12.7. The Balaban J connectivity index is 1.58. The van der Waals surface area contributed by atoms with E-state index in [1.54, 1.807) is 18.2 Å². The first-order chi connectivity index (χ1) is 11.3. The smallest absolute Gasteiger partial charge is 0.338 e. The predicted octanol–water partition coefficient (Wildman–Crippen LogP) is 3.72. The van der Waals surface area contributed by atoms with Gasteiger partial charge in [0.15, 0.2) is 11.5 Å². The van der Waals surface area contributed by atoms with Crippen molar-refractivity contribution in [2.75, 3.05) is 19.8 Å². The summed E-state index contributed by atoms with van der Waals surface area (Å²) in [6.07, 6.45) is 4.57. The van der Waals surface area contributed by atoms with E-state index in [1.807, 2.05) is 42.5 Å². The van der Waals surface area contributed by atoms with Crippen LogP contribution in [-0.2, 0) is 4.74 Å². The molecule has 0 N–H and O–H groups in total. The van der Waals surface area contributed by atoms with Gasteiger partial charge in [-0.25, -0.2) is 4.79 Å². The Kier molecular flexibility index (Phi) is 4.94. The van der Waals surface area contributed by atoms with Gasteiger partial charge in [-0.15, -0.1) is 0 Å². The third-order valence-corrected chi connectivity index (χ3v) is 3.40. The number of benzene rings is 2. The molecule has 1 aliphatic rings. The average molecular weight is 310 g/mol. The van der Waals surface area contributed by atoms with E-state index in [1.165, 1.54) is 0 Å². The molecule has 4 heteroatoms. The van der Waals surface area contributed by atoms with Crippen LogP contribution >= 0.6 is 0 Å². The molecule has 2 aromatic rings. The van der Waals surface area contributed by atoms with E-state index in [-0.39, 0.29) is 12.6 Å². The zero-order chi connectivity index (χ0) is 15.9. The van der Waals surface area contributed by atoms with E-state index in [0.29, 0.717) is 30.3 Å². The minimum absolute atomic E-state index is 0.224. The number of hydrogen-bond acceptors (Lipinski definition) is 4. The summed E-state index contributed by atoms with van der Waals surface area (Å²) in [5.41, 5.74) is 1.53. The average Bonchev–Trinajstić information content (AvgIpc) is 2.84. The summed E-state index contributed by atoms with van der Waals surface area (Å²) in [6, 6.07) is 15.0. The van der Waals surface area contributed by atoms with E-state index in [0.717, 1.165) is 12.0 Å². The highest BCUT2D eigenvalue weighted by Crippen LogP contribution is 2.30. The first kappa shape index (κ1) is 15.2. The molecule has 1 heterocycles. The summed E-state index contributed by atoms with van der Waals surface area (Å²) < 4.78 is 16.4. The maximum Gasteiger partial charge on any atom is 0.338 e. The minimum Gasteiger partial charge on any atom is -0.490 e. The molecule has 0 radical (unpaired) electrons. The van der Waals surface area contributed by atoms with E-state index in [4.69, 9.17) is 14.2 Å². The molecule has 0 atom stereocenters. The molecule has 4 nitrogen and oxygen atoms in total. The SMILES string of the molecule is O=C(OC/C=C/c1ccccc1)c1ccc2c(c1)OCCCO2. The minimum atomic E-state index is -0.377. The van der Waals surface area contributed by atoms with Crippen LogP contribution in [0.1, 0.15) is 22.3 Å². The molecular weight excluding hydrogens is 292 g/mol. The molecule has 0 spiro atoms. The van der Waals surface area contributed by atoms with Gasteiger partial charge >= 0.3 is 5.97 Å². The van der Waals surface area contributed by atoms with Gasteiger partial charge in [-0.1, -0.05) is 36.4 Å². The fourth-order valence-electron chi connectivity index (χ4n) is 2.25. The maximum atomic E-state index is 12.1. The molecule has 0 aromatic heterocycles. The fourth-order valence-corrected chi connectivity index (χ4v) is 2.25. The van der Waals surface area contributed by atoms with Gasteiger partial charge in [0.2, 0.25) is 0 Å². The van der Waals surface area contributed by atoms with E-state index in [9.17, 15) is 4.79 Å². The molecule has 23 heavy (non-hydrogen) atoms. The first-order valence-electron chi connectivity index (χ1n) is 7.61. The van der Waals surface area contributed by atoms with E-state index < -0.39 is 0 Å². The summed E-state index contributed by atoms with van der Waals surface area (Å²) >= 11 is 0. The van der Waals surface area contributed by atoms with Crippen molar-refractivity contribution in [3.63, 3.8) is 0 Å². The van der Waals surface area contributed by atoms with Gasteiger partial charge in [-0.2, -0.15) is 0 Å². The van der Waals surface area contributed by atoms with Gasteiger partial charge in [0.1, 0.15) is 6.61 Å². The molecule has 0 amide bonds. The molecule has 0 saturated carbocycles. The van der Waals surface area contributed by atoms with Gasteiger partial charge < -0.3 is 14.2 Å². The lowest BCUT2D eigenvalue weighted by molar-refractivity contribution is 0.0549. The maximum absolute atomic E-state index is 12.1. The molecule has 1 aliphatic heterocycles. The Hall–Kier alpha value is -2.75. The van der Waals surface area contributed by atoms with Gasteiger partial charge in [0, 0.05) is 6.42 Å². The largest absolute Gasteiger partial charge is 0.490 e. The van der Waals surface area contributed by atoms with Crippen LogP contribution in [0.3, 0.4) is 0 Å². The molecule has 2 aromatic carbocycles. The van der Waals surface area contributed by atoms with Gasteiger partial charge in [0.25, 0.3) is 0 Å². The summed E-state index contributed by atoms with van der Waals surface area (Å²) in [5, 5.41) is 0. The second-order valence-corrected chi connectivity index (χ2v) is 5.12. The lowest BCUT2D eigenvalue weighted by Gasteiger charge is -2.08. The number of hydrogen-bond donors (Lipinski definition) is 0. The van der Waals surface area contributed by atoms with E-state index >= 15 is 0 Å². The number of fused-ring (bicyclic) bond motifs is 1. The summed E-state index contributed by atoms with van der Waals surface area (Å²) in [6.45, 7) is 1.44. The molecule has 0 bridgehead atoms. The number of ether oxygens (including phenoxy) is 3. The topological polar surface area (TPSA) is 44.8 Å². The summed E-state index contributed by atoms with van der Waals surface area (Å²) in [5.74, 6) is 0.887. The van der Waals surface area contributed by atoms with Crippen molar-refractivity contribution in [2.24, 2.45) is 0 Å². The van der Waals surface area contributed by atoms with Crippen molar-refractivity contribution in [3.8, 4) is 11.5 Å². The second-order valence-electron chi connectivity index (χ2n) is 5.12. The van der Waals surface area contributed by atoms with Crippen LogP contribution in [0.15, 0.2) is 54.6 Å². The van der Waals surface area contributed by atoms with Crippen LogP contribution in [0.4, 0.5) is 0 Å². The highest BCUT2D eigenvalue weighted by atomic mass is 16.5. The molecule has 0 unspecified atom stereocenters. The molecule has 0 saturated heterocycles. The van der Waals surface area contributed by atoms with Crippen LogP contribution in [0, 0.1) is 0 Å². The third-order valence-electron chi connectivity index (χ3n) is 3.40. The number of esters is 1. The third kappa shape index (κ3) is 4.13. The standard InChI is InChI=1S/C19H18O4/c20-19(23-11-4-8-15-6-2-1-3-7-15)16-9-10-17-18(14-16)22-13-5-12-21-17/h1-4,6-10,14H,5,11-13H2/b8-4+. The van der Waals surface area contributed by atoms with Crippen molar-refractivity contribution in [1.82, 2.24) is 0 Å². The van der Waals surface area contributed by atoms with Crippen LogP contribution in [0.5, 0.6) is 11.5 Å². The Morgan fingerprint density at radius 1 is 1.04 bits per heavy atom.